The molecule has 0 saturated heterocycles. The van der Waals surface area contributed by atoms with E-state index in [0.29, 0.717) is 23.0 Å². The van der Waals surface area contributed by atoms with Gasteiger partial charge in [-0.25, -0.2) is 8.42 Å². The Bertz CT molecular complexity index is 1150. The molecule has 3 aromatic rings. The van der Waals surface area contributed by atoms with Crippen LogP contribution in [0.25, 0.3) is 0 Å². The van der Waals surface area contributed by atoms with Gasteiger partial charge in [0.25, 0.3) is 5.91 Å². The van der Waals surface area contributed by atoms with Crippen molar-refractivity contribution in [3.05, 3.63) is 94.5 Å². The van der Waals surface area contributed by atoms with Crippen molar-refractivity contribution in [3.63, 3.8) is 0 Å². The number of nitrogens with zero attached hydrogens (tertiary/aromatic N) is 1. The molecule has 0 bridgehead atoms. The molecule has 1 N–H and O–H groups in total. The molecule has 0 heterocycles. The molecule has 0 aliphatic rings. The standard InChI is InChI=1S/C24H25ClN2O4S/c1-18-3-5-20(6-4-18)16-27(32(2,29)30)22-11-13-23(14-12-22)31-17-24(28)26-15-19-7-9-21(25)10-8-19/h3-14H,15-17H2,1-2H3,(H,26,28). The van der Waals surface area contributed by atoms with Gasteiger partial charge in [-0.15, -0.1) is 0 Å². The summed E-state index contributed by atoms with van der Waals surface area (Å²) in [5, 5.41) is 3.41. The summed E-state index contributed by atoms with van der Waals surface area (Å²) in [6, 6.07) is 21.5. The van der Waals surface area contributed by atoms with Crippen molar-refractivity contribution in [2.45, 2.75) is 20.0 Å². The van der Waals surface area contributed by atoms with Gasteiger partial charge in [-0.05, 0) is 54.4 Å². The third-order valence-electron chi connectivity index (χ3n) is 4.74. The highest BCUT2D eigenvalue weighted by atomic mass is 35.5. The van der Waals surface area contributed by atoms with Crippen LogP contribution in [0.4, 0.5) is 5.69 Å². The molecule has 168 valence electrons. The first kappa shape index (κ1) is 23.6. The van der Waals surface area contributed by atoms with Crippen LogP contribution in [0, 0.1) is 6.92 Å². The second-order valence-electron chi connectivity index (χ2n) is 7.44. The second-order valence-corrected chi connectivity index (χ2v) is 9.78. The van der Waals surface area contributed by atoms with Crippen LogP contribution in [0.1, 0.15) is 16.7 Å². The highest BCUT2D eigenvalue weighted by molar-refractivity contribution is 7.92. The van der Waals surface area contributed by atoms with Crippen LogP contribution < -0.4 is 14.4 Å². The van der Waals surface area contributed by atoms with Crippen LogP contribution in [0.15, 0.2) is 72.8 Å². The molecule has 32 heavy (non-hydrogen) atoms. The molecule has 6 nitrogen and oxygen atoms in total. The molecule has 0 fully saturated rings. The molecule has 0 atom stereocenters. The van der Waals surface area contributed by atoms with Crippen molar-refractivity contribution in [2.24, 2.45) is 0 Å². The van der Waals surface area contributed by atoms with Gasteiger partial charge in [-0.1, -0.05) is 53.6 Å². The average Bonchev–Trinajstić information content (AvgIpc) is 2.76. The minimum atomic E-state index is -3.48. The summed E-state index contributed by atoms with van der Waals surface area (Å²) < 4.78 is 31.5. The summed E-state index contributed by atoms with van der Waals surface area (Å²) in [5.41, 5.74) is 3.45. The first-order chi connectivity index (χ1) is 15.2. The number of carbonyl (C=O) groups is 1. The maximum atomic E-state index is 12.3. The number of benzene rings is 3. The number of sulfonamides is 1. The average molecular weight is 473 g/mol. The number of rotatable bonds is 9. The Balaban J connectivity index is 1.57. The molecule has 8 heteroatoms. The largest absolute Gasteiger partial charge is 0.484 e. The first-order valence-electron chi connectivity index (χ1n) is 9.98. The van der Waals surface area contributed by atoms with Gasteiger partial charge in [0.2, 0.25) is 10.0 Å². The third kappa shape index (κ3) is 7.00. The fourth-order valence-corrected chi connectivity index (χ4v) is 3.99. The van der Waals surface area contributed by atoms with Crippen molar-refractivity contribution in [2.75, 3.05) is 17.2 Å². The number of amides is 1. The molecule has 3 rings (SSSR count). The lowest BCUT2D eigenvalue weighted by Crippen LogP contribution is -2.29. The molecule has 0 spiro atoms. The summed E-state index contributed by atoms with van der Waals surface area (Å²) in [7, 11) is -3.48. The number of carbonyl (C=O) groups excluding carboxylic acids is 1. The first-order valence-corrected chi connectivity index (χ1v) is 12.2. The lowest BCUT2D eigenvalue weighted by molar-refractivity contribution is -0.123. The second kappa shape index (κ2) is 10.5. The summed E-state index contributed by atoms with van der Waals surface area (Å²) in [5.74, 6) is 0.209. The van der Waals surface area contributed by atoms with Crippen LogP contribution in [0.2, 0.25) is 5.02 Å². The predicted octanol–water partition coefficient (Wildman–Crippen LogP) is 4.31. The number of ether oxygens (including phenoxy) is 1. The number of aryl methyl sites for hydroxylation is 1. The maximum Gasteiger partial charge on any atom is 0.258 e. The van der Waals surface area contributed by atoms with Crippen LogP contribution >= 0.6 is 11.6 Å². The summed E-state index contributed by atoms with van der Waals surface area (Å²) in [4.78, 5) is 12.0. The Morgan fingerprint density at radius 3 is 2.12 bits per heavy atom. The van der Waals surface area contributed by atoms with Gasteiger partial charge in [0.1, 0.15) is 5.75 Å². The van der Waals surface area contributed by atoms with E-state index in [-0.39, 0.29) is 19.1 Å². The Kier molecular flexibility index (Phi) is 7.77. The monoisotopic (exact) mass is 472 g/mol. The SMILES string of the molecule is Cc1ccc(CN(c2ccc(OCC(=O)NCc3ccc(Cl)cc3)cc2)S(C)(=O)=O)cc1. The van der Waals surface area contributed by atoms with Gasteiger partial charge in [0.15, 0.2) is 6.61 Å². The molecule has 0 aliphatic heterocycles. The van der Waals surface area contributed by atoms with E-state index in [4.69, 9.17) is 16.3 Å². The van der Waals surface area contributed by atoms with E-state index < -0.39 is 10.0 Å². The van der Waals surface area contributed by atoms with E-state index >= 15 is 0 Å². The van der Waals surface area contributed by atoms with E-state index in [1.807, 2.05) is 43.3 Å². The van der Waals surface area contributed by atoms with E-state index in [0.717, 1.165) is 16.7 Å². The minimum Gasteiger partial charge on any atom is -0.484 e. The lowest BCUT2D eigenvalue weighted by Gasteiger charge is -2.23. The summed E-state index contributed by atoms with van der Waals surface area (Å²) in [6.07, 6.45) is 1.18. The number of hydrogen-bond donors (Lipinski definition) is 1. The van der Waals surface area contributed by atoms with Crippen LogP contribution in [-0.2, 0) is 27.9 Å². The smallest absolute Gasteiger partial charge is 0.258 e. The molecule has 0 unspecified atom stereocenters. The number of anilines is 1. The van der Waals surface area contributed by atoms with Crippen LogP contribution in [0.5, 0.6) is 5.75 Å². The fraction of sp³-hybridized carbons (Fsp3) is 0.208. The number of hydrogen-bond acceptors (Lipinski definition) is 4. The van der Waals surface area contributed by atoms with Crippen molar-refractivity contribution in [3.8, 4) is 5.75 Å². The minimum absolute atomic E-state index is 0.147. The molecular weight excluding hydrogens is 448 g/mol. The molecule has 0 aliphatic carbocycles. The molecule has 0 aromatic heterocycles. The van der Waals surface area contributed by atoms with Gasteiger partial charge < -0.3 is 10.1 Å². The van der Waals surface area contributed by atoms with Gasteiger partial charge in [-0.2, -0.15) is 0 Å². The molecule has 3 aromatic carbocycles. The Morgan fingerprint density at radius 2 is 1.53 bits per heavy atom. The van der Waals surface area contributed by atoms with Crippen molar-refractivity contribution < 1.29 is 17.9 Å². The van der Waals surface area contributed by atoms with Crippen molar-refractivity contribution in [1.82, 2.24) is 5.32 Å². The van der Waals surface area contributed by atoms with Gasteiger partial charge in [-0.3, -0.25) is 9.10 Å². The highest BCUT2D eigenvalue weighted by Crippen LogP contribution is 2.24. The topological polar surface area (TPSA) is 75.7 Å². The third-order valence-corrected chi connectivity index (χ3v) is 6.14. The Hall–Kier alpha value is -3.03. The van der Waals surface area contributed by atoms with Crippen LogP contribution in [-0.4, -0.2) is 27.2 Å². The van der Waals surface area contributed by atoms with E-state index in [2.05, 4.69) is 5.32 Å². The number of halogens is 1. The van der Waals surface area contributed by atoms with Crippen LogP contribution in [0.3, 0.4) is 0 Å². The summed E-state index contributed by atoms with van der Waals surface area (Å²) in [6.45, 7) is 2.44. The Morgan fingerprint density at radius 1 is 0.938 bits per heavy atom. The van der Waals surface area contributed by atoms with Gasteiger partial charge in [0, 0.05) is 11.6 Å². The highest BCUT2D eigenvalue weighted by Gasteiger charge is 2.18. The van der Waals surface area contributed by atoms with E-state index in [9.17, 15) is 13.2 Å². The number of nitrogens with one attached hydrogen (secondary N) is 1. The zero-order valence-corrected chi connectivity index (χ0v) is 19.5. The van der Waals surface area contributed by atoms with E-state index in [1.165, 1.54) is 10.6 Å². The lowest BCUT2D eigenvalue weighted by atomic mass is 10.1. The van der Waals surface area contributed by atoms with Crippen molar-refractivity contribution >= 4 is 33.2 Å². The predicted molar refractivity (Wildman–Crippen MR) is 127 cm³/mol. The normalized spacial score (nSPS) is 11.1. The molecule has 0 saturated carbocycles. The van der Waals surface area contributed by atoms with Gasteiger partial charge in [0.05, 0.1) is 18.5 Å². The molecular formula is C24H25ClN2O4S. The van der Waals surface area contributed by atoms with Crippen molar-refractivity contribution in [1.29, 1.82) is 0 Å². The van der Waals surface area contributed by atoms with E-state index in [1.54, 1.807) is 36.4 Å². The van der Waals surface area contributed by atoms with Gasteiger partial charge >= 0.3 is 0 Å². The fourth-order valence-electron chi connectivity index (χ4n) is 2.97. The zero-order valence-electron chi connectivity index (χ0n) is 17.9. The zero-order chi connectivity index (χ0) is 23.1. The quantitative estimate of drug-likeness (QED) is 0.503. The Labute approximate surface area is 193 Å². The molecule has 0 radical (unpaired) electrons. The summed E-state index contributed by atoms with van der Waals surface area (Å²) >= 11 is 5.85. The maximum absolute atomic E-state index is 12.3. The molecule has 1 amide bonds.